The van der Waals surface area contributed by atoms with E-state index in [1.165, 1.54) is 24.3 Å². The average Bonchev–Trinajstić information content (AvgIpc) is 2.48. The summed E-state index contributed by atoms with van der Waals surface area (Å²) in [5.41, 5.74) is -0.872. The number of benzene rings is 1. The van der Waals surface area contributed by atoms with Gasteiger partial charge in [-0.05, 0) is 37.1 Å². The van der Waals surface area contributed by atoms with E-state index in [1.54, 1.807) is 12.2 Å². The first-order valence-corrected chi connectivity index (χ1v) is 6.41. The molecule has 0 saturated carbocycles. The van der Waals surface area contributed by atoms with Gasteiger partial charge in [-0.1, -0.05) is 12.2 Å². The summed E-state index contributed by atoms with van der Waals surface area (Å²) in [5.74, 6) is -2.13. The topological polar surface area (TPSA) is 115 Å². The Labute approximate surface area is 128 Å². The van der Waals surface area contributed by atoms with Crippen molar-refractivity contribution in [1.82, 2.24) is 0 Å². The Morgan fingerprint density at radius 1 is 0.955 bits per heavy atom. The fourth-order valence-electron chi connectivity index (χ4n) is 1.51. The minimum Gasteiger partial charge on any atom is -0.478 e. The smallest absolute Gasteiger partial charge is 0.335 e. The molecule has 0 saturated heterocycles. The van der Waals surface area contributed by atoms with Gasteiger partial charge in [-0.25, -0.2) is 9.59 Å². The van der Waals surface area contributed by atoms with E-state index < -0.39 is 17.5 Å². The van der Waals surface area contributed by atoms with Gasteiger partial charge in [-0.3, -0.25) is 0 Å². The van der Waals surface area contributed by atoms with Crippen LogP contribution in [0.2, 0.25) is 0 Å². The first-order chi connectivity index (χ1) is 10.3. The lowest BCUT2D eigenvalue weighted by molar-refractivity contribution is -0.00909. The van der Waals surface area contributed by atoms with Gasteiger partial charge in [-0.15, -0.1) is 13.2 Å². The second-order valence-corrected chi connectivity index (χ2v) is 4.56. The molecule has 0 bridgehead atoms. The second kappa shape index (κ2) is 9.49. The molecule has 0 unspecified atom stereocenters. The quantitative estimate of drug-likeness (QED) is 0.572. The summed E-state index contributed by atoms with van der Waals surface area (Å²) in [6.07, 6.45) is 3.96. The van der Waals surface area contributed by atoms with E-state index in [-0.39, 0.29) is 17.7 Å². The summed E-state index contributed by atoms with van der Waals surface area (Å²) in [7, 11) is 0. The standard InChI is InChI=1S/C8H6O4.C8H14O2/c9-7(10)5-1-2-6(4-3-5)8(11)12;1-3-5-8(10,7-9)6-4-2/h1-4H,(H,9,10)(H,11,12);3-4,9-10H,1-2,5-7H2. The number of aliphatic hydroxyl groups is 2. The van der Waals surface area contributed by atoms with Crippen LogP contribution in [0.5, 0.6) is 0 Å². The zero-order valence-electron chi connectivity index (χ0n) is 12.1. The average molecular weight is 308 g/mol. The minimum absolute atomic E-state index is 0.0833. The Morgan fingerprint density at radius 2 is 1.27 bits per heavy atom. The number of aromatic carboxylic acids is 2. The molecule has 1 aromatic rings. The molecule has 0 heterocycles. The van der Waals surface area contributed by atoms with Crippen LogP contribution in [0, 0.1) is 0 Å². The molecule has 0 amide bonds. The Morgan fingerprint density at radius 3 is 1.45 bits per heavy atom. The van der Waals surface area contributed by atoms with Gasteiger partial charge >= 0.3 is 11.9 Å². The van der Waals surface area contributed by atoms with E-state index in [4.69, 9.17) is 15.3 Å². The van der Waals surface area contributed by atoms with Crippen LogP contribution < -0.4 is 0 Å². The molecule has 0 aliphatic carbocycles. The summed E-state index contributed by atoms with van der Waals surface area (Å²) in [6.45, 7) is 6.70. The summed E-state index contributed by atoms with van der Waals surface area (Å²) in [4.78, 5) is 20.7. The van der Waals surface area contributed by atoms with Gasteiger partial charge in [-0.2, -0.15) is 0 Å². The van der Waals surface area contributed by atoms with Crippen molar-refractivity contribution in [3.63, 3.8) is 0 Å². The Hall–Kier alpha value is -2.44. The van der Waals surface area contributed by atoms with Gasteiger partial charge < -0.3 is 20.4 Å². The molecule has 0 spiro atoms. The largest absolute Gasteiger partial charge is 0.478 e. The van der Waals surface area contributed by atoms with Gasteiger partial charge in [0.1, 0.15) is 0 Å². The lowest BCUT2D eigenvalue weighted by atomic mass is 9.97. The van der Waals surface area contributed by atoms with E-state index >= 15 is 0 Å². The van der Waals surface area contributed by atoms with Crippen LogP contribution in [0.3, 0.4) is 0 Å². The van der Waals surface area contributed by atoms with Crippen LogP contribution in [-0.4, -0.2) is 44.6 Å². The maximum Gasteiger partial charge on any atom is 0.335 e. The number of aliphatic hydroxyl groups excluding tert-OH is 1. The summed E-state index contributed by atoms with van der Waals surface area (Å²) < 4.78 is 0. The molecule has 120 valence electrons. The molecule has 0 atom stereocenters. The third kappa shape index (κ3) is 6.83. The molecule has 0 fully saturated rings. The van der Waals surface area contributed by atoms with Crippen molar-refractivity contribution >= 4 is 11.9 Å². The van der Waals surface area contributed by atoms with Crippen molar-refractivity contribution in [2.24, 2.45) is 0 Å². The van der Waals surface area contributed by atoms with Crippen LogP contribution >= 0.6 is 0 Å². The van der Waals surface area contributed by atoms with Gasteiger partial charge in [0, 0.05) is 0 Å². The highest BCUT2D eigenvalue weighted by atomic mass is 16.4. The maximum atomic E-state index is 10.3. The maximum absolute atomic E-state index is 10.3. The molecule has 1 aromatic carbocycles. The Bertz CT molecular complexity index is 475. The third-order valence-electron chi connectivity index (χ3n) is 2.72. The van der Waals surface area contributed by atoms with E-state index in [2.05, 4.69) is 13.2 Å². The zero-order valence-corrected chi connectivity index (χ0v) is 12.1. The van der Waals surface area contributed by atoms with Gasteiger partial charge in [0.15, 0.2) is 0 Å². The number of hydrogen-bond donors (Lipinski definition) is 4. The van der Waals surface area contributed by atoms with Crippen LogP contribution in [0.1, 0.15) is 33.6 Å². The zero-order chi connectivity index (χ0) is 17.2. The summed E-state index contributed by atoms with van der Waals surface area (Å²) >= 11 is 0. The highest BCUT2D eigenvalue weighted by molar-refractivity contribution is 5.91. The van der Waals surface area contributed by atoms with Crippen molar-refractivity contribution < 1.29 is 30.0 Å². The van der Waals surface area contributed by atoms with Crippen LogP contribution in [0.15, 0.2) is 49.6 Å². The fourth-order valence-corrected chi connectivity index (χ4v) is 1.51. The van der Waals surface area contributed by atoms with E-state index in [9.17, 15) is 14.7 Å². The van der Waals surface area contributed by atoms with Crippen molar-refractivity contribution in [1.29, 1.82) is 0 Å². The third-order valence-corrected chi connectivity index (χ3v) is 2.72. The molecule has 6 nitrogen and oxygen atoms in total. The highest BCUT2D eigenvalue weighted by Gasteiger charge is 2.21. The predicted octanol–water partition coefficient (Wildman–Crippen LogP) is 1.94. The summed E-state index contributed by atoms with van der Waals surface area (Å²) in [6, 6.07) is 5.02. The number of hydrogen-bond acceptors (Lipinski definition) is 4. The Balaban J connectivity index is 0.000000409. The highest BCUT2D eigenvalue weighted by Crippen LogP contribution is 2.14. The van der Waals surface area contributed by atoms with Crippen LogP contribution in [0.4, 0.5) is 0 Å². The van der Waals surface area contributed by atoms with E-state index in [0.717, 1.165) is 0 Å². The number of carboxylic acids is 2. The second-order valence-electron chi connectivity index (χ2n) is 4.56. The molecule has 22 heavy (non-hydrogen) atoms. The van der Waals surface area contributed by atoms with Crippen molar-refractivity contribution in [2.75, 3.05) is 6.61 Å². The van der Waals surface area contributed by atoms with Crippen LogP contribution in [0.25, 0.3) is 0 Å². The van der Waals surface area contributed by atoms with Crippen molar-refractivity contribution in [3.8, 4) is 0 Å². The molecular formula is C16H20O6. The van der Waals surface area contributed by atoms with Gasteiger partial charge in [0.25, 0.3) is 0 Å². The molecule has 1 rings (SSSR count). The lowest BCUT2D eigenvalue weighted by Crippen LogP contribution is -2.31. The first kappa shape index (κ1) is 19.6. The predicted molar refractivity (Wildman–Crippen MR) is 82.0 cm³/mol. The number of rotatable bonds is 7. The first-order valence-electron chi connectivity index (χ1n) is 6.41. The molecule has 6 heteroatoms. The molecule has 0 aliphatic rings. The number of carboxylic acid groups (broad SMARTS) is 2. The van der Waals surface area contributed by atoms with Gasteiger partial charge in [0.05, 0.1) is 23.3 Å². The van der Waals surface area contributed by atoms with Crippen molar-refractivity contribution in [2.45, 2.75) is 18.4 Å². The number of carbonyl (C=O) groups is 2. The molecule has 4 N–H and O–H groups in total. The minimum atomic E-state index is -1.06. The van der Waals surface area contributed by atoms with Crippen LogP contribution in [-0.2, 0) is 0 Å². The normalized spacial score (nSPS) is 10.1. The van der Waals surface area contributed by atoms with E-state index in [1.807, 2.05) is 0 Å². The molecule has 0 aliphatic heterocycles. The molecular weight excluding hydrogens is 288 g/mol. The monoisotopic (exact) mass is 308 g/mol. The Kier molecular flexibility index (Phi) is 8.44. The summed E-state index contributed by atoms with van der Waals surface area (Å²) in [5, 5.41) is 35.1. The van der Waals surface area contributed by atoms with Gasteiger partial charge in [0.2, 0.25) is 0 Å². The van der Waals surface area contributed by atoms with E-state index in [0.29, 0.717) is 12.8 Å². The molecule has 0 radical (unpaired) electrons. The molecule has 0 aromatic heterocycles. The lowest BCUT2D eigenvalue weighted by Gasteiger charge is -2.21. The SMILES string of the molecule is C=CCC(O)(CO)CC=C.O=C(O)c1ccc(C(=O)O)cc1. The van der Waals surface area contributed by atoms with Crippen molar-refractivity contribution in [3.05, 3.63) is 60.7 Å². The fraction of sp³-hybridized carbons (Fsp3) is 0.250.